The van der Waals surface area contributed by atoms with E-state index in [2.05, 4.69) is 6.58 Å². The van der Waals surface area contributed by atoms with Crippen LogP contribution in [0.25, 0.3) is 0 Å². The van der Waals surface area contributed by atoms with E-state index in [1.165, 1.54) is 6.92 Å². The van der Waals surface area contributed by atoms with E-state index < -0.39 is 11.4 Å². The van der Waals surface area contributed by atoms with Crippen LogP contribution in [0.1, 0.15) is 34.1 Å². The Hall–Kier alpha value is -1.12. The lowest BCUT2D eigenvalue weighted by Crippen LogP contribution is -2.36. The maximum Gasteiger partial charge on any atom is 0.319 e. The molecule has 3 heteroatoms. The molecule has 3 nitrogen and oxygen atoms in total. The maximum absolute atomic E-state index is 11.6. The van der Waals surface area contributed by atoms with E-state index >= 15 is 0 Å². The van der Waals surface area contributed by atoms with Gasteiger partial charge >= 0.3 is 5.97 Å². The van der Waals surface area contributed by atoms with Crippen LogP contribution in [0.3, 0.4) is 0 Å². The second-order valence-corrected chi connectivity index (χ2v) is 3.74. The highest BCUT2D eigenvalue weighted by Crippen LogP contribution is 2.28. The van der Waals surface area contributed by atoms with Crippen molar-refractivity contribution in [1.29, 1.82) is 0 Å². The Morgan fingerprint density at radius 2 is 1.86 bits per heavy atom. The molecule has 1 unspecified atom stereocenters. The molecule has 0 aromatic heterocycles. The largest absolute Gasteiger partial charge is 0.465 e. The molecule has 80 valence electrons. The molecule has 0 saturated carbocycles. The molecule has 0 heterocycles. The second-order valence-electron chi connectivity index (χ2n) is 3.74. The molecular weight excluding hydrogens is 180 g/mol. The number of carbonyl (C=O) groups excluding carboxylic acids is 2. The van der Waals surface area contributed by atoms with Crippen molar-refractivity contribution in [3.63, 3.8) is 0 Å². The van der Waals surface area contributed by atoms with Crippen LogP contribution in [-0.2, 0) is 14.3 Å². The van der Waals surface area contributed by atoms with Gasteiger partial charge in [-0.15, -0.1) is 6.58 Å². The van der Waals surface area contributed by atoms with Gasteiger partial charge in [0.15, 0.2) is 0 Å². The summed E-state index contributed by atoms with van der Waals surface area (Å²) in [4.78, 5) is 22.9. The minimum Gasteiger partial charge on any atom is -0.465 e. The molecule has 0 spiro atoms. The van der Waals surface area contributed by atoms with Gasteiger partial charge in [-0.1, -0.05) is 5.57 Å². The topological polar surface area (TPSA) is 43.4 Å². The van der Waals surface area contributed by atoms with Crippen molar-refractivity contribution < 1.29 is 14.3 Å². The number of ether oxygens (including phenoxy) is 1. The normalized spacial score (nSPS) is 14.3. The molecule has 1 atom stereocenters. The minimum atomic E-state index is -1.07. The number of esters is 1. The summed E-state index contributed by atoms with van der Waals surface area (Å²) in [6.45, 7) is 10.5. The SMILES string of the molecule is C=C(C)CC(C)(C(C)=O)C(=O)OCC. The fourth-order valence-corrected chi connectivity index (χ4v) is 1.23. The average molecular weight is 198 g/mol. The maximum atomic E-state index is 11.6. The highest BCUT2D eigenvalue weighted by atomic mass is 16.5. The molecule has 0 amide bonds. The molecule has 0 aliphatic carbocycles. The van der Waals surface area contributed by atoms with E-state index in [1.807, 2.05) is 0 Å². The van der Waals surface area contributed by atoms with Crippen LogP contribution >= 0.6 is 0 Å². The lowest BCUT2D eigenvalue weighted by molar-refractivity contribution is -0.158. The van der Waals surface area contributed by atoms with Gasteiger partial charge in [0.25, 0.3) is 0 Å². The molecule has 0 fully saturated rings. The van der Waals surface area contributed by atoms with Crippen LogP contribution in [0.4, 0.5) is 0 Å². The molecule has 0 bridgehead atoms. The monoisotopic (exact) mass is 198 g/mol. The Labute approximate surface area is 85.1 Å². The number of hydrogen-bond donors (Lipinski definition) is 0. The van der Waals surface area contributed by atoms with E-state index in [-0.39, 0.29) is 12.4 Å². The molecule has 0 rings (SSSR count). The van der Waals surface area contributed by atoms with Crippen molar-refractivity contribution in [1.82, 2.24) is 0 Å². The van der Waals surface area contributed by atoms with Crippen LogP contribution in [-0.4, -0.2) is 18.4 Å². The zero-order valence-electron chi connectivity index (χ0n) is 9.35. The van der Waals surface area contributed by atoms with Crippen LogP contribution in [0.15, 0.2) is 12.2 Å². The van der Waals surface area contributed by atoms with Gasteiger partial charge < -0.3 is 4.74 Å². The number of rotatable bonds is 5. The van der Waals surface area contributed by atoms with Crippen LogP contribution in [0.5, 0.6) is 0 Å². The Bertz CT molecular complexity index is 255. The molecule has 0 saturated heterocycles. The van der Waals surface area contributed by atoms with E-state index in [0.717, 1.165) is 5.57 Å². The average Bonchev–Trinajstić information content (AvgIpc) is 2.02. The summed E-state index contributed by atoms with van der Waals surface area (Å²) >= 11 is 0. The number of allylic oxidation sites excluding steroid dienone is 1. The first kappa shape index (κ1) is 12.9. The van der Waals surface area contributed by atoms with Crippen molar-refractivity contribution in [2.45, 2.75) is 34.1 Å². The van der Waals surface area contributed by atoms with Crippen molar-refractivity contribution >= 4 is 11.8 Å². The molecule has 0 aliphatic heterocycles. The standard InChI is InChI=1S/C11H18O3/c1-6-14-10(13)11(5,9(4)12)7-8(2)3/h2,6-7H2,1,3-5H3. The van der Waals surface area contributed by atoms with Gasteiger partial charge in [-0.25, -0.2) is 0 Å². The van der Waals surface area contributed by atoms with Crippen molar-refractivity contribution in [3.8, 4) is 0 Å². The van der Waals surface area contributed by atoms with Gasteiger partial charge in [0.1, 0.15) is 11.2 Å². The van der Waals surface area contributed by atoms with Crippen molar-refractivity contribution in [3.05, 3.63) is 12.2 Å². The molecule has 0 radical (unpaired) electrons. The van der Waals surface area contributed by atoms with Gasteiger partial charge in [-0.05, 0) is 34.1 Å². The summed E-state index contributed by atoms with van der Waals surface area (Å²) in [7, 11) is 0. The predicted molar refractivity (Wildman–Crippen MR) is 54.9 cm³/mol. The van der Waals surface area contributed by atoms with Crippen LogP contribution in [0.2, 0.25) is 0 Å². The molecule has 14 heavy (non-hydrogen) atoms. The highest BCUT2D eigenvalue weighted by molar-refractivity contribution is 6.02. The van der Waals surface area contributed by atoms with E-state index in [4.69, 9.17) is 4.74 Å². The summed E-state index contributed by atoms with van der Waals surface area (Å²) in [6, 6.07) is 0. The fourth-order valence-electron chi connectivity index (χ4n) is 1.23. The summed E-state index contributed by atoms with van der Waals surface area (Å²) in [5.74, 6) is -0.644. The minimum absolute atomic E-state index is 0.182. The summed E-state index contributed by atoms with van der Waals surface area (Å²) in [6.07, 6.45) is 0.348. The Kier molecular flexibility index (Phi) is 4.54. The molecular formula is C11H18O3. The fraction of sp³-hybridized carbons (Fsp3) is 0.636. The van der Waals surface area contributed by atoms with Gasteiger partial charge in [0.05, 0.1) is 6.61 Å². The lowest BCUT2D eigenvalue weighted by Gasteiger charge is -2.24. The third-order valence-electron chi connectivity index (χ3n) is 2.16. The number of hydrogen-bond acceptors (Lipinski definition) is 3. The van der Waals surface area contributed by atoms with Crippen molar-refractivity contribution in [2.24, 2.45) is 5.41 Å². The van der Waals surface area contributed by atoms with Crippen LogP contribution in [0, 0.1) is 5.41 Å². The number of ketones is 1. The lowest BCUT2D eigenvalue weighted by atomic mass is 9.80. The van der Waals surface area contributed by atoms with E-state index in [0.29, 0.717) is 6.42 Å². The van der Waals surface area contributed by atoms with Crippen molar-refractivity contribution in [2.75, 3.05) is 6.61 Å². The first-order chi connectivity index (χ1) is 6.34. The third-order valence-corrected chi connectivity index (χ3v) is 2.16. The zero-order valence-corrected chi connectivity index (χ0v) is 9.35. The quantitative estimate of drug-likeness (QED) is 0.386. The summed E-state index contributed by atoms with van der Waals surface area (Å²) < 4.78 is 4.87. The predicted octanol–water partition coefficient (Wildman–Crippen LogP) is 2.11. The Morgan fingerprint density at radius 3 is 2.14 bits per heavy atom. The van der Waals surface area contributed by atoms with Gasteiger partial charge in [-0.2, -0.15) is 0 Å². The Balaban J connectivity index is 4.80. The van der Waals surface area contributed by atoms with Gasteiger partial charge in [0, 0.05) is 0 Å². The van der Waals surface area contributed by atoms with Gasteiger partial charge in [0.2, 0.25) is 0 Å². The molecule has 0 N–H and O–H groups in total. The summed E-state index contributed by atoms with van der Waals surface area (Å²) in [5, 5.41) is 0. The number of Topliss-reactive ketones (excluding diaryl/α,β-unsaturated/α-hetero) is 1. The second kappa shape index (κ2) is 4.94. The first-order valence-corrected chi connectivity index (χ1v) is 4.67. The highest BCUT2D eigenvalue weighted by Gasteiger charge is 2.39. The van der Waals surface area contributed by atoms with Crippen LogP contribution < -0.4 is 0 Å². The van der Waals surface area contributed by atoms with E-state index in [1.54, 1.807) is 20.8 Å². The summed E-state index contributed by atoms with van der Waals surface area (Å²) in [5.41, 5.74) is -0.266. The molecule has 0 aliphatic rings. The third kappa shape index (κ3) is 2.98. The molecule has 0 aromatic carbocycles. The first-order valence-electron chi connectivity index (χ1n) is 4.67. The molecule has 0 aromatic rings. The zero-order chi connectivity index (χ0) is 11.4. The smallest absolute Gasteiger partial charge is 0.319 e. The number of carbonyl (C=O) groups is 2. The Morgan fingerprint density at radius 1 is 1.36 bits per heavy atom. The van der Waals surface area contributed by atoms with E-state index in [9.17, 15) is 9.59 Å². The van der Waals surface area contributed by atoms with Gasteiger partial charge in [-0.3, -0.25) is 9.59 Å².